The van der Waals surface area contributed by atoms with Crippen LogP contribution in [0, 0.1) is 0 Å². The summed E-state index contributed by atoms with van der Waals surface area (Å²) in [6.07, 6.45) is 1.95. The molecule has 0 bridgehead atoms. The van der Waals surface area contributed by atoms with E-state index in [0.29, 0.717) is 5.69 Å². The van der Waals surface area contributed by atoms with Crippen LogP contribution >= 0.6 is 15.9 Å². The molecule has 1 aliphatic rings. The van der Waals surface area contributed by atoms with Crippen LogP contribution < -0.4 is 5.32 Å². The van der Waals surface area contributed by atoms with Crippen LogP contribution in [0.3, 0.4) is 0 Å². The number of hydrogen-bond acceptors (Lipinski definition) is 3. The predicted molar refractivity (Wildman–Crippen MR) is 74.5 cm³/mol. The van der Waals surface area contributed by atoms with Crippen molar-refractivity contribution in [2.75, 3.05) is 5.32 Å². The van der Waals surface area contributed by atoms with E-state index < -0.39 is 6.10 Å². The van der Waals surface area contributed by atoms with Gasteiger partial charge in [-0.15, -0.1) is 0 Å². The van der Waals surface area contributed by atoms with Crippen LogP contribution in [-0.2, 0) is 6.42 Å². The summed E-state index contributed by atoms with van der Waals surface area (Å²) in [5.41, 5.74) is 3.06. The van der Waals surface area contributed by atoms with Gasteiger partial charge in [-0.05, 0) is 46.1 Å². The number of para-hydroxylation sites is 1. The number of nitrogens with zero attached hydrogens (tertiary/aromatic N) is 1. The Kier molecular flexibility index (Phi) is 3.06. The summed E-state index contributed by atoms with van der Waals surface area (Å²) < 4.78 is 0.918. The third kappa shape index (κ3) is 2.13. The van der Waals surface area contributed by atoms with Crippen LogP contribution in [0.1, 0.15) is 17.4 Å². The van der Waals surface area contributed by atoms with Crippen molar-refractivity contribution < 1.29 is 5.11 Å². The molecule has 0 spiro atoms. The highest BCUT2D eigenvalue weighted by atomic mass is 79.9. The monoisotopic (exact) mass is 304 g/mol. The fourth-order valence-electron chi connectivity index (χ4n) is 2.29. The first-order valence-electron chi connectivity index (χ1n) is 5.88. The first-order valence-corrected chi connectivity index (χ1v) is 6.67. The molecule has 2 unspecified atom stereocenters. The molecule has 2 heterocycles. The lowest BCUT2D eigenvalue weighted by atomic mass is 10.0. The summed E-state index contributed by atoms with van der Waals surface area (Å²) in [6.45, 7) is 0. The minimum Gasteiger partial charge on any atom is -0.385 e. The van der Waals surface area contributed by atoms with Gasteiger partial charge in [0.05, 0.1) is 11.7 Å². The van der Waals surface area contributed by atoms with Gasteiger partial charge in [0.15, 0.2) is 0 Å². The zero-order chi connectivity index (χ0) is 12.5. The van der Waals surface area contributed by atoms with Gasteiger partial charge in [-0.1, -0.05) is 18.2 Å². The Hall–Kier alpha value is -1.39. The number of nitrogens with one attached hydrogen (secondary N) is 1. The number of pyridine rings is 1. The summed E-state index contributed by atoms with van der Waals surface area (Å²) >= 11 is 3.34. The quantitative estimate of drug-likeness (QED) is 0.897. The smallest absolute Gasteiger partial charge is 0.116 e. The SMILES string of the molecule is OC(c1ccc(Br)cn1)C1Cc2ccccc2N1. The van der Waals surface area contributed by atoms with Gasteiger partial charge in [-0.3, -0.25) is 4.98 Å². The van der Waals surface area contributed by atoms with Crippen LogP contribution in [0.5, 0.6) is 0 Å². The van der Waals surface area contributed by atoms with E-state index >= 15 is 0 Å². The van der Waals surface area contributed by atoms with Gasteiger partial charge in [0.1, 0.15) is 6.10 Å². The number of halogens is 1. The van der Waals surface area contributed by atoms with Gasteiger partial charge in [0.25, 0.3) is 0 Å². The topological polar surface area (TPSA) is 45.2 Å². The first-order chi connectivity index (χ1) is 8.74. The molecule has 92 valence electrons. The molecule has 2 N–H and O–H groups in total. The van der Waals surface area contributed by atoms with Gasteiger partial charge in [0.2, 0.25) is 0 Å². The van der Waals surface area contributed by atoms with Crippen LogP contribution in [0.15, 0.2) is 47.1 Å². The molecule has 0 saturated heterocycles. The highest BCUT2D eigenvalue weighted by Crippen LogP contribution is 2.31. The molecule has 4 heteroatoms. The Balaban J connectivity index is 1.80. The lowest BCUT2D eigenvalue weighted by Gasteiger charge is -2.18. The highest BCUT2D eigenvalue weighted by Gasteiger charge is 2.28. The summed E-state index contributed by atoms with van der Waals surface area (Å²) in [6, 6.07) is 11.9. The molecule has 1 aromatic heterocycles. The van der Waals surface area contributed by atoms with E-state index in [1.54, 1.807) is 6.20 Å². The lowest BCUT2D eigenvalue weighted by molar-refractivity contribution is 0.152. The summed E-state index contributed by atoms with van der Waals surface area (Å²) in [4.78, 5) is 4.25. The van der Waals surface area contributed by atoms with Gasteiger partial charge in [0, 0.05) is 16.4 Å². The Labute approximate surface area is 114 Å². The molecule has 0 saturated carbocycles. The number of rotatable bonds is 2. The molecule has 0 amide bonds. The van der Waals surface area contributed by atoms with E-state index in [1.165, 1.54) is 5.56 Å². The molecule has 2 aromatic rings. The zero-order valence-corrected chi connectivity index (χ0v) is 11.3. The van der Waals surface area contributed by atoms with Crippen molar-refractivity contribution in [3.05, 3.63) is 58.3 Å². The predicted octanol–water partition coefficient (Wildman–Crippen LogP) is 2.91. The first kappa shape index (κ1) is 11.7. The van der Waals surface area contributed by atoms with Crippen molar-refractivity contribution >= 4 is 21.6 Å². The summed E-state index contributed by atoms with van der Waals surface area (Å²) in [7, 11) is 0. The van der Waals surface area contributed by atoms with Crippen LogP contribution in [0.25, 0.3) is 0 Å². The van der Waals surface area contributed by atoms with E-state index in [-0.39, 0.29) is 6.04 Å². The second-order valence-electron chi connectivity index (χ2n) is 4.46. The van der Waals surface area contributed by atoms with Gasteiger partial charge in [-0.25, -0.2) is 0 Å². The van der Waals surface area contributed by atoms with Crippen molar-refractivity contribution in [3.8, 4) is 0 Å². The largest absolute Gasteiger partial charge is 0.385 e. The van der Waals surface area contributed by atoms with E-state index in [1.807, 2.05) is 30.3 Å². The number of aromatic nitrogens is 1. The third-order valence-electron chi connectivity index (χ3n) is 3.23. The number of aliphatic hydroxyl groups is 1. The molecule has 0 radical (unpaired) electrons. The molecular weight excluding hydrogens is 292 g/mol. The molecule has 3 rings (SSSR count). The number of fused-ring (bicyclic) bond motifs is 1. The minimum absolute atomic E-state index is 0.00363. The fourth-order valence-corrected chi connectivity index (χ4v) is 2.52. The lowest BCUT2D eigenvalue weighted by Crippen LogP contribution is -2.25. The molecule has 18 heavy (non-hydrogen) atoms. The van der Waals surface area contributed by atoms with Gasteiger partial charge >= 0.3 is 0 Å². The molecular formula is C14H13BrN2O. The molecule has 3 nitrogen and oxygen atoms in total. The second-order valence-corrected chi connectivity index (χ2v) is 5.37. The Morgan fingerprint density at radius 2 is 2.11 bits per heavy atom. The molecule has 1 aliphatic heterocycles. The molecule has 0 fully saturated rings. The number of benzene rings is 1. The molecule has 0 aliphatic carbocycles. The van der Waals surface area contributed by atoms with Gasteiger partial charge in [-0.2, -0.15) is 0 Å². The van der Waals surface area contributed by atoms with Gasteiger partial charge < -0.3 is 10.4 Å². The van der Waals surface area contributed by atoms with E-state index in [4.69, 9.17) is 0 Å². The second kappa shape index (κ2) is 4.71. The average Bonchev–Trinajstić information content (AvgIpc) is 2.82. The standard InChI is InChI=1S/C14H13BrN2O/c15-10-5-6-12(16-8-10)14(18)13-7-9-3-1-2-4-11(9)17-13/h1-6,8,13-14,17-18H,7H2. The fraction of sp³-hybridized carbons (Fsp3) is 0.214. The van der Waals surface area contributed by atoms with Crippen molar-refractivity contribution in [1.29, 1.82) is 0 Å². The maximum absolute atomic E-state index is 10.3. The summed E-state index contributed by atoms with van der Waals surface area (Å²) in [5.74, 6) is 0. The Morgan fingerprint density at radius 1 is 1.28 bits per heavy atom. The average molecular weight is 305 g/mol. The number of hydrogen-bond donors (Lipinski definition) is 2. The highest BCUT2D eigenvalue weighted by molar-refractivity contribution is 9.10. The van der Waals surface area contributed by atoms with Crippen molar-refractivity contribution in [3.63, 3.8) is 0 Å². The van der Waals surface area contributed by atoms with Crippen LogP contribution in [-0.4, -0.2) is 16.1 Å². The Morgan fingerprint density at radius 3 is 2.83 bits per heavy atom. The van der Waals surface area contributed by atoms with E-state index in [2.05, 4.69) is 32.3 Å². The number of anilines is 1. The Bertz CT molecular complexity index is 531. The maximum atomic E-state index is 10.3. The minimum atomic E-state index is -0.592. The maximum Gasteiger partial charge on any atom is 0.116 e. The summed E-state index contributed by atoms with van der Waals surface area (Å²) in [5, 5.41) is 13.7. The molecule has 2 atom stereocenters. The van der Waals surface area contributed by atoms with E-state index in [0.717, 1.165) is 16.6 Å². The van der Waals surface area contributed by atoms with Crippen LogP contribution in [0.4, 0.5) is 5.69 Å². The van der Waals surface area contributed by atoms with Crippen LogP contribution in [0.2, 0.25) is 0 Å². The van der Waals surface area contributed by atoms with Crippen molar-refractivity contribution in [1.82, 2.24) is 4.98 Å². The van der Waals surface area contributed by atoms with Crippen molar-refractivity contribution in [2.24, 2.45) is 0 Å². The zero-order valence-electron chi connectivity index (χ0n) is 9.68. The van der Waals surface area contributed by atoms with E-state index in [9.17, 15) is 5.11 Å². The third-order valence-corrected chi connectivity index (χ3v) is 3.70. The van der Waals surface area contributed by atoms with Crippen molar-refractivity contribution in [2.45, 2.75) is 18.6 Å². The normalized spacial score (nSPS) is 19.1. The number of aliphatic hydroxyl groups excluding tert-OH is 1. The molecule has 1 aromatic carbocycles.